The van der Waals surface area contributed by atoms with Crippen molar-refractivity contribution < 1.29 is 0 Å². The van der Waals surface area contributed by atoms with Crippen molar-refractivity contribution in [1.82, 2.24) is 10.3 Å². The summed E-state index contributed by atoms with van der Waals surface area (Å²) in [7, 11) is 0. The molecule has 106 valence electrons. The lowest BCUT2D eigenvalue weighted by atomic mass is 10.0. The van der Waals surface area contributed by atoms with Gasteiger partial charge in [-0.15, -0.1) is 0 Å². The van der Waals surface area contributed by atoms with E-state index in [1.165, 1.54) is 0 Å². The molecule has 0 saturated carbocycles. The Balaban J connectivity index is 2.44. The minimum atomic E-state index is -0.0221. The van der Waals surface area contributed by atoms with E-state index in [-0.39, 0.29) is 6.04 Å². The second-order valence-electron chi connectivity index (χ2n) is 4.43. The predicted molar refractivity (Wildman–Crippen MR) is 91.2 cm³/mol. The number of nitrogens with one attached hydrogen (secondary N) is 1. The Morgan fingerprint density at radius 1 is 1.30 bits per heavy atom. The van der Waals surface area contributed by atoms with Gasteiger partial charge in [0.15, 0.2) is 0 Å². The van der Waals surface area contributed by atoms with Crippen molar-refractivity contribution in [2.24, 2.45) is 0 Å². The molecule has 0 radical (unpaired) electrons. The zero-order valence-electron chi connectivity index (χ0n) is 11.0. The fourth-order valence-electron chi connectivity index (χ4n) is 1.99. The second kappa shape index (κ2) is 7.55. The van der Waals surface area contributed by atoms with Gasteiger partial charge in [-0.2, -0.15) is 0 Å². The molecule has 1 unspecified atom stereocenters. The van der Waals surface area contributed by atoms with E-state index in [9.17, 15) is 0 Å². The zero-order chi connectivity index (χ0) is 14.5. The molecule has 2 aromatic rings. The van der Waals surface area contributed by atoms with E-state index in [0.717, 1.165) is 38.2 Å². The quantitative estimate of drug-likeness (QED) is 0.708. The van der Waals surface area contributed by atoms with Crippen molar-refractivity contribution >= 4 is 43.5 Å². The topological polar surface area (TPSA) is 24.9 Å². The van der Waals surface area contributed by atoms with Gasteiger partial charge in [-0.1, -0.05) is 36.7 Å². The van der Waals surface area contributed by atoms with E-state index >= 15 is 0 Å². The van der Waals surface area contributed by atoms with Crippen LogP contribution in [0.15, 0.2) is 45.5 Å². The molecule has 0 fully saturated rings. The van der Waals surface area contributed by atoms with Gasteiger partial charge in [-0.25, -0.2) is 0 Å². The summed E-state index contributed by atoms with van der Waals surface area (Å²) in [4.78, 5) is 4.53. The summed E-state index contributed by atoms with van der Waals surface area (Å²) in [5.74, 6) is 0. The van der Waals surface area contributed by atoms with Crippen molar-refractivity contribution in [1.29, 1.82) is 0 Å². The van der Waals surface area contributed by atoms with Crippen molar-refractivity contribution in [3.63, 3.8) is 0 Å². The maximum absolute atomic E-state index is 6.34. The summed E-state index contributed by atoms with van der Waals surface area (Å²) in [5.41, 5.74) is 1.98. The van der Waals surface area contributed by atoms with Crippen molar-refractivity contribution in [2.75, 3.05) is 6.54 Å². The molecule has 2 rings (SSSR count). The largest absolute Gasteiger partial charge is 0.305 e. The van der Waals surface area contributed by atoms with Gasteiger partial charge in [0.2, 0.25) is 0 Å². The molecule has 1 atom stereocenters. The molecule has 1 heterocycles. The third kappa shape index (κ3) is 3.82. The lowest BCUT2D eigenvalue weighted by molar-refractivity contribution is 0.584. The van der Waals surface area contributed by atoms with Crippen LogP contribution in [-0.4, -0.2) is 11.5 Å². The molecule has 1 aromatic carbocycles. The lowest BCUT2D eigenvalue weighted by Gasteiger charge is -2.21. The van der Waals surface area contributed by atoms with Crippen LogP contribution in [0.5, 0.6) is 0 Å². The third-order valence-corrected chi connectivity index (χ3v) is 4.34. The van der Waals surface area contributed by atoms with Gasteiger partial charge in [-0.05, 0) is 62.5 Å². The summed E-state index contributed by atoms with van der Waals surface area (Å²) < 4.78 is 1.90. The molecule has 0 saturated heterocycles. The number of hydrogen-bond donors (Lipinski definition) is 1. The second-order valence-corrected chi connectivity index (χ2v) is 6.61. The normalized spacial score (nSPS) is 12.4. The molecule has 0 amide bonds. The Morgan fingerprint density at radius 3 is 2.70 bits per heavy atom. The molecule has 0 bridgehead atoms. The fourth-order valence-corrected chi connectivity index (χ4v) is 3.45. The first-order valence-corrected chi connectivity index (χ1v) is 8.38. The average Bonchev–Trinajstić information content (AvgIpc) is 2.42. The highest BCUT2D eigenvalue weighted by atomic mass is 79.9. The van der Waals surface area contributed by atoms with Gasteiger partial charge in [-0.3, -0.25) is 4.98 Å². The summed E-state index contributed by atoms with van der Waals surface area (Å²) in [6, 6.07) is 9.85. The van der Waals surface area contributed by atoms with Gasteiger partial charge in [0.25, 0.3) is 0 Å². The SMILES string of the molecule is CCCNC(c1ccccc1Cl)c1ncc(Br)cc1Br. The summed E-state index contributed by atoms with van der Waals surface area (Å²) in [6.07, 6.45) is 2.85. The Bertz CT molecular complexity index is 590. The van der Waals surface area contributed by atoms with Crippen LogP contribution in [-0.2, 0) is 0 Å². The first kappa shape index (κ1) is 16.0. The molecular formula is C15H15Br2ClN2. The lowest BCUT2D eigenvalue weighted by Crippen LogP contribution is -2.24. The van der Waals surface area contributed by atoms with E-state index in [1.807, 2.05) is 30.3 Å². The van der Waals surface area contributed by atoms with Gasteiger partial charge in [0, 0.05) is 20.2 Å². The number of aromatic nitrogens is 1. The maximum atomic E-state index is 6.34. The molecule has 0 aliphatic carbocycles. The van der Waals surface area contributed by atoms with Crippen molar-refractivity contribution in [3.8, 4) is 0 Å². The first-order valence-electron chi connectivity index (χ1n) is 6.42. The first-order chi connectivity index (χ1) is 9.63. The average molecular weight is 419 g/mol. The van der Waals surface area contributed by atoms with Crippen molar-refractivity contribution in [2.45, 2.75) is 19.4 Å². The number of hydrogen-bond acceptors (Lipinski definition) is 2. The smallest absolute Gasteiger partial charge is 0.0777 e. The standard InChI is InChI=1S/C15H15Br2ClN2/c1-2-7-19-14(11-5-3-4-6-13(11)18)15-12(17)8-10(16)9-20-15/h3-6,8-9,14,19H,2,7H2,1H3. The highest BCUT2D eigenvalue weighted by Gasteiger charge is 2.20. The Hall–Kier alpha value is -0.420. The summed E-state index contributed by atoms with van der Waals surface area (Å²) in [5, 5.41) is 4.26. The van der Waals surface area contributed by atoms with Gasteiger partial charge < -0.3 is 5.32 Å². The van der Waals surface area contributed by atoms with Crippen LogP contribution < -0.4 is 5.32 Å². The number of rotatable bonds is 5. The van der Waals surface area contributed by atoms with Crippen molar-refractivity contribution in [3.05, 3.63) is 61.8 Å². The molecule has 5 heteroatoms. The minimum absolute atomic E-state index is 0.0221. The van der Waals surface area contributed by atoms with E-state index < -0.39 is 0 Å². The van der Waals surface area contributed by atoms with E-state index in [1.54, 1.807) is 6.20 Å². The molecule has 1 N–H and O–H groups in total. The molecule has 20 heavy (non-hydrogen) atoms. The highest BCUT2D eigenvalue weighted by Crippen LogP contribution is 2.32. The Morgan fingerprint density at radius 2 is 2.05 bits per heavy atom. The Kier molecular flexibility index (Phi) is 6.02. The monoisotopic (exact) mass is 416 g/mol. The van der Waals surface area contributed by atoms with Crippen LogP contribution >= 0.6 is 43.5 Å². The molecular weight excluding hydrogens is 403 g/mol. The van der Waals surface area contributed by atoms with Crippen LogP contribution in [0.1, 0.15) is 30.6 Å². The molecule has 0 aliphatic heterocycles. The van der Waals surface area contributed by atoms with Crippen LogP contribution in [0, 0.1) is 0 Å². The predicted octanol–water partition coefficient (Wildman–Crippen LogP) is 5.35. The van der Waals surface area contributed by atoms with E-state index in [0.29, 0.717) is 0 Å². The molecule has 2 nitrogen and oxygen atoms in total. The van der Waals surface area contributed by atoms with Gasteiger partial charge >= 0.3 is 0 Å². The number of nitrogens with zero attached hydrogens (tertiary/aromatic N) is 1. The highest BCUT2D eigenvalue weighted by molar-refractivity contribution is 9.11. The Labute approximate surface area is 141 Å². The third-order valence-electron chi connectivity index (χ3n) is 2.92. The number of halogens is 3. The summed E-state index contributed by atoms with van der Waals surface area (Å²) in [6.45, 7) is 3.04. The number of benzene rings is 1. The van der Waals surface area contributed by atoms with Crippen LogP contribution in [0.2, 0.25) is 5.02 Å². The molecule has 0 aliphatic rings. The van der Waals surface area contributed by atoms with Gasteiger partial charge in [0.05, 0.1) is 11.7 Å². The zero-order valence-corrected chi connectivity index (χ0v) is 15.0. The van der Waals surface area contributed by atoms with Crippen LogP contribution in [0.3, 0.4) is 0 Å². The van der Waals surface area contributed by atoms with E-state index in [4.69, 9.17) is 11.6 Å². The molecule has 0 spiro atoms. The van der Waals surface area contributed by atoms with E-state index in [2.05, 4.69) is 49.1 Å². The maximum Gasteiger partial charge on any atom is 0.0777 e. The van der Waals surface area contributed by atoms with Crippen LogP contribution in [0.25, 0.3) is 0 Å². The summed E-state index contributed by atoms with van der Waals surface area (Å²) >= 11 is 13.4. The minimum Gasteiger partial charge on any atom is -0.305 e. The molecule has 1 aromatic heterocycles. The fraction of sp³-hybridized carbons (Fsp3) is 0.267. The van der Waals surface area contributed by atoms with Gasteiger partial charge in [0.1, 0.15) is 0 Å². The number of pyridine rings is 1. The van der Waals surface area contributed by atoms with Crippen LogP contribution in [0.4, 0.5) is 0 Å².